The third-order valence-electron chi connectivity index (χ3n) is 5.74. The van der Waals surface area contributed by atoms with Crippen LogP contribution in [0, 0.1) is 13.8 Å². The molecule has 2 heterocycles. The summed E-state index contributed by atoms with van der Waals surface area (Å²) in [6.45, 7) is 6.56. The lowest BCUT2D eigenvalue weighted by atomic mass is 10.1. The molecule has 152 valence electrons. The Bertz CT molecular complexity index is 1170. The first-order chi connectivity index (χ1) is 13.8. The van der Waals surface area contributed by atoms with Gasteiger partial charge >= 0.3 is 0 Å². The Morgan fingerprint density at radius 3 is 2.24 bits per heavy atom. The van der Waals surface area contributed by atoms with Gasteiger partial charge in [0.15, 0.2) is 0 Å². The number of aryl methyl sites for hydroxylation is 2. The van der Waals surface area contributed by atoms with Gasteiger partial charge in [-0.25, -0.2) is 12.4 Å². The third kappa shape index (κ3) is 3.34. The van der Waals surface area contributed by atoms with Crippen LogP contribution in [0.5, 0.6) is 0 Å². The first-order valence-corrected chi connectivity index (χ1v) is 11.1. The lowest BCUT2D eigenvalue weighted by Crippen LogP contribution is -2.47. The summed E-state index contributed by atoms with van der Waals surface area (Å²) < 4.78 is 28.5. The molecule has 29 heavy (non-hydrogen) atoms. The van der Waals surface area contributed by atoms with Gasteiger partial charge < -0.3 is 9.80 Å². The SMILES string of the molecule is Cc1ccc2cc(C(=O)N3CCN(C)CC3)n(S(=O)(=O)c3ccccc3)c2c1C. The minimum Gasteiger partial charge on any atom is -0.335 e. The molecule has 0 unspecified atom stereocenters. The molecule has 1 aliphatic rings. The Morgan fingerprint density at radius 1 is 0.931 bits per heavy atom. The summed E-state index contributed by atoms with van der Waals surface area (Å²) in [5.74, 6) is -0.245. The molecule has 2 aromatic carbocycles. The van der Waals surface area contributed by atoms with Crippen LogP contribution in [-0.2, 0) is 10.0 Å². The van der Waals surface area contributed by atoms with Gasteiger partial charge in [-0.1, -0.05) is 30.3 Å². The predicted octanol–water partition coefficient (Wildman–Crippen LogP) is 2.88. The molecule has 7 heteroatoms. The van der Waals surface area contributed by atoms with E-state index in [-0.39, 0.29) is 16.5 Å². The molecule has 0 radical (unpaired) electrons. The lowest BCUT2D eigenvalue weighted by Gasteiger charge is -2.32. The molecule has 3 aromatic rings. The first kappa shape index (κ1) is 19.7. The van der Waals surface area contributed by atoms with Crippen LogP contribution in [-0.4, -0.2) is 61.3 Å². The normalized spacial score (nSPS) is 15.8. The quantitative estimate of drug-likeness (QED) is 0.665. The second-order valence-electron chi connectivity index (χ2n) is 7.65. The molecule has 0 bridgehead atoms. The number of piperazine rings is 1. The smallest absolute Gasteiger partial charge is 0.271 e. The van der Waals surface area contributed by atoms with Crippen molar-refractivity contribution in [1.82, 2.24) is 13.8 Å². The Balaban J connectivity index is 1.95. The van der Waals surface area contributed by atoms with E-state index in [1.54, 1.807) is 41.3 Å². The van der Waals surface area contributed by atoms with E-state index in [1.165, 1.54) is 3.97 Å². The molecule has 0 N–H and O–H groups in total. The fourth-order valence-electron chi connectivity index (χ4n) is 3.80. The summed E-state index contributed by atoms with van der Waals surface area (Å²) in [6, 6.07) is 13.8. The maximum Gasteiger partial charge on any atom is 0.271 e. The number of carbonyl (C=O) groups is 1. The second kappa shape index (κ2) is 7.31. The molecular formula is C22H25N3O3S. The van der Waals surface area contributed by atoms with Gasteiger partial charge in [0.25, 0.3) is 15.9 Å². The molecule has 1 saturated heterocycles. The van der Waals surface area contributed by atoms with Crippen molar-refractivity contribution in [1.29, 1.82) is 0 Å². The van der Waals surface area contributed by atoms with Crippen molar-refractivity contribution in [2.24, 2.45) is 0 Å². The molecule has 0 spiro atoms. The highest BCUT2D eigenvalue weighted by atomic mass is 32.2. The second-order valence-corrected chi connectivity index (χ2v) is 9.44. The van der Waals surface area contributed by atoms with E-state index in [0.29, 0.717) is 18.6 Å². The van der Waals surface area contributed by atoms with Gasteiger partial charge in [-0.15, -0.1) is 0 Å². The van der Waals surface area contributed by atoms with Crippen LogP contribution >= 0.6 is 0 Å². The number of hydrogen-bond donors (Lipinski definition) is 0. The maximum absolute atomic E-state index is 13.6. The summed E-state index contributed by atoms with van der Waals surface area (Å²) >= 11 is 0. The van der Waals surface area contributed by atoms with Crippen molar-refractivity contribution in [2.45, 2.75) is 18.7 Å². The average Bonchev–Trinajstić information content (AvgIpc) is 3.13. The van der Waals surface area contributed by atoms with Crippen LogP contribution in [0.2, 0.25) is 0 Å². The summed E-state index contributed by atoms with van der Waals surface area (Å²) in [5, 5.41) is 0.755. The number of rotatable bonds is 3. The highest BCUT2D eigenvalue weighted by molar-refractivity contribution is 7.90. The van der Waals surface area contributed by atoms with E-state index >= 15 is 0 Å². The van der Waals surface area contributed by atoms with Crippen LogP contribution < -0.4 is 0 Å². The topological polar surface area (TPSA) is 62.6 Å². The molecule has 1 aromatic heterocycles. The summed E-state index contributed by atoms with van der Waals surface area (Å²) in [5.41, 5.74) is 2.62. The van der Waals surface area contributed by atoms with Crippen LogP contribution in [0.4, 0.5) is 0 Å². The standard InChI is InChI=1S/C22H25N3O3S/c1-16-9-10-18-15-20(22(26)24-13-11-23(3)12-14-24)25(21(18)17(16)2)29(27,28)19-7-5-4-6-8-19/h4-10,15H,11-14H2,1-3H3. The fourth-order valence-corrected chi connectivity index (χ4v) is 5.39. The predicted molar refractivity (Wildman–Crippen MR) is 114 cm³/mol. The van der Waals surface area contributed by atoms with Gasteiger partial charge in [0.2, 0.25) is 0 Å². The summed E-state index contributed by atoms with van der Waals surface area (Å²) in [4.78, 5) is 17.5. The fraction of sp³-hybridized carbons (Fsp3) is 0.318. The van der Waals surface area contributed by atoms with Crippen molar-refractivity contribution >= 4 is 26.8 Å². The monoisotopic (exact) mass is 411 g/mol. The van der Waals surface area contributed by atoms with Crippen molar-refractivity contribution in [2.75, 3.05) is 33.2 Å². The molecule has 6 nitrogen and oxygen atoms in total. The molecule has 0 atom stereocenters. The van der Waals surface area contributed by atoms with Crippen LogP contribution in [0.1, 0.15) is 21.6 Å². The van der Waals surface area contributed by atoms with Crippen molar-refractivity contribution in [3.05, 3.63) is 65.4 Å². The Hall–Kier alpha value is -2.64. The highest BCUT2D eigenvalue weighted by Crippen LogP contribution is 2.30. The highest BCUT2D eigenvalue weighted by Gasteiger charge is 2.30. The number of amides is 1. The van der Waals surface area contributed by atoms with Crippen LogP contribution in [0.25, 0.3) is 10.9 Å². The zero-order chi connectivity index (χ0) is 20.8. The van der Waals surface area contributed by atoms with Crippen molar-refractivity contribution in [3.63, 3.8) is 0 Å². The van der Waals surface area contributed by atoms with Gasteiger partial charge in [0.1, 0.15) is 5.69 Å². The zero-order valence-corrected chi connectivity index (χ0v) is 17.7. The molecule has 0 saturated carbocycles. The van der Waals surface area contributed by atoms with Gasteiger partial charge in [0, 0.05) is 31.6 Å². The number of aromatic nitrogens is 1. The zero-order valence-electron chi connectivity index (χ0n) is 16.9. The maximum atomic E-state index is 13.6. The first-order valence-electron chi connectivity index (χ1n) is 9.71. The average molecular weight is 412 g/mol. The number of likely N-dealkylation sites (N-methyl/N-ethyl adjacent to an activating group) is 1. The number of fused-ring (bicyclic) bond motifs is 1. The molecule has 1 fully saturated rings. The van der Waals surface area contributed by atoms with Crippen molar-refractivity contribution in [3.8, 4) is 0 Å². The molecule has 0 aliphatic carbocycles. The van der Waals surface area contributed by atoms with E-state index in [4.69, 9.17) is 0 Å². The minimum atomic E-state index is -3.93. The number of benzene rings is 2. The molecular weight excluding hydrogens is 386 g/mol. The number of hydrogen-bond acceptors (Lipinski definition) is 4. The summed E-state index contributed by atoms with van der Waals surface area (Å²) in [6.07, 6.45) is 0. The minimum absolute atomic E-state index is 0.172. The number of nitrogens with zero attached hydrogens (tertiary/aromatic N) is 3. The molecule has 4 rings (SSSR count). The van der Waals surface area contributed by atoms with E-state index < -0.39 is 10.0 Å². The summed E-state index contributed by atoms with van der Waals surface area (Å²) in [7, 11) is -1.91. The largest absolute Gasteiger partial charge is 0.335 e. The number of carbonyl (C=O) groups excluding carboxylic acids is 1. The van der Waals surface area contributed by atoms with Crippen molar-refractivity contribution < 1.29 is 13.2 Å². The van der Waals surface area contributed by atoms with E-state index in [1.807, 2.05) is 33.0 Å². The Labute approximate surface area is 171 Å². The van der Waals surface area contributed by atoms with E-state index in [0.717, 1.165) is 29.6 Å². The third-order valence-corrected chi connectivity index (χ3v) is 7.47. The molecule has 1 amide bonds. The van der Waals surface area contributed by atoms with Gasteiger partial charge in [-0.3, -0.25) is 4.79 Å². The van der Waals surface area contributed by atoms with Crippen LogP contribution in [0.3, 0.4) is 0 Å². The van der Waals surface area contributed by atoms with E-state index in [2.05, 4.69) is 4.90 Å². The van der Waals surface area contributed by atoms with Gasteiger partial charge in [-0.2, -0.15) is 0 Å². The molecule has 1 aliphatic heterocycles. The Kier molecular flexibility index (Phi) is 4.96. The van der Waals surface area contributed by atoms with Gasteiger partial charge in [0.05, 0.1) is 10.4 Å². The Morgan fingerprint density at radius 2 is 1.59 bits per heavy atom. The lowest BCUT2D eigenvalue weighted by molar-refractivity contribution is 0.0657. The van der Waals surface area contributed by atoms with E-state index in [9.17, 15) is 13.2 Å². The van der Waals surface area contributed by atoms with Crippen LogP contribution in [0.15, 0.2) is 53.4 Å². The van der Waals surface area contributed by atoms with Gasteiger partial charge in [-0.05, 0) is 50.2 Å².